The second-order valence-corrected chi connectivity index (χ2v) is 19.7. The van der Waals surface area contributed by atoms with Gasteiger partial charge in [-0.15, -0.1) is 0 Å². The molecule has 3 aromatic heterocycles. The van der Waals surface area contributed by atoms with Crippen LogP contribution in [0.1, 0.15) is 94.7 Å². The van der Waals surface area contributed by atoms with Crippen LogP contribution in [0.15, 0.2) is 181 Å². The molecule has 0 radical (unpaired) electrons. The maximum atomic E-state index is 14.4. The van der Waals surface area contributed by atoms with Crippen molar-refractivity contribution in [3.8, 4) is 23.7 Å². The van der Waals surface area contributed by atoms with Gasteiger partial charge in [0.05, 0.1) is 0 Å². The number of rotatable bonds is 6. The molecule has 0 bridgehead atoms. The number of pyridine rings is 3. The van der Waals surface area contributed by atoms with Gasteiger partial charge < -0.3 is 30.2 Å². The van der Waals surface area contributed by atoms with E-state index < -0.39 is 82.3 Å². The molecule has 6 heterocycles. The molecule has 11 rings (SSSR count). The van der Waals surface area contributed by atoms with Crippen molar-refractivity contribution in [2.45, 2.75) is 55.7 Å². The van der Waals surface area contributed by atoms with Gasteiger partial charge in [0.2, 0.25) is 0 Å². The maximum Gasteiger partial charge on any atom is 0.408 e. The van der Waals surface area contributed by atoms with Gasteiger partial charge in [-0.1, -0.05) is 78.3 Å². The summed E-state index contributed by atoms with van der Waals surface area (Å²) in [5.74, 6) is 9.17. The average Bonchev–Trinajstić information content (AvgIpc) is 4.30. The molecule has 18 heteroatoms. The number of cyclic esters (lactones) is 3. The summed E-state index contributed by atoms with van der Waals surface area (Å²) in [4.78, 5) is 48.3. The Morgan fingerprint density at radius 3 is 1.19 bits per heavy atom. The molecule has 79 heavy (non-hydrogen) atoms. The Labute approximate surface area is 458 Å². The third-order valence-corrected chi connectivity index (χ3v) is 13.7. The summed E-state index contributed by atoms with van der Waals surface area (Å²) in [5.41, 5.74) is 1.84. The summed E-state index contributed by atoms with van der Waals surface area (Å²) in [7, 11) is 0. The Morgan fingerprint density at radius 1 is 0.418 bits per heavy atom. The third-order valence-electron chi connectivity index (χ3n) is 13.2. The van der Waals surface area contributed by atoms with Crippen LogP contribution in [0.5, 0.6) is 0 Å². The monoisotopic (exact) mass is 1130 g/mol. The molecule has 6 atom stereocenters. The van der Waals surface area contributed by atoms with Gasteiger partial charge in [-0.3, -0.25) is 15.0 Å². The van der Waals surface area contributed by atoms with E-state index in [0.717, 1.165) is 57.6 Å². The number of hydrogen-bond acceptors (Lipinski definition) is 9. The minimum atomic E-state index is -1.15. The van der Waals surface area contributed by atoms with Gasteiger partial charge >= 0.3 is 18.3 Å². The number of carbonyl (C=O) groups is 3. The van der Waals surface area contributed by atoms with Crippen LogP contribution in [-0.2, 0) is 30.8 Å². The fourth-order valence-electron chi connectivity index (χ4n) is 9.12. The van der Waals surface area contributed by atoms with Crippen molar-refractivity contribution in [2.24, 2.45) is 0 Å². The molecule has 396 valence electrons. The molecular formula is C61H44BrF5N6O6. The van der Waals surface area contributed by atoms with Crippen molar-refractivity contribution in [2.75, 3.05) is 0 Å². The van der Waals surface area contributed by atoms with Gasteiger partial charge in [0.25, 0.3) is 0 Å². The summed E-state index contributed by atoms with van der Waals surface area (Å²) in [6.45, 7) is 5.15. The quantitative estimate of drug-likeness (QED) is 0.0839. The lowest BCUT2D eigenvalue weighted by molar-refractivity contribution is 0.109. The number of carbonyl (C=O) groups excluding carboxylic acids is 3. The molecule has 0 spiro atoms. The van der Waals surface area contributed by atoms with Crippen molar-refractivity contribution in [1.29, 1.82) is 0 Å². The van der Waals surface area contributed by atoms with Crippen molar-refractivity contribution < 1.29 is 50.5 Å². The van der Waals surface area contributed by atoms with Gasteiger partial charge in [-0.05, 0) is 122 Å². The zero-order valence-electron chi connectivity index (χ0n) is 42.0. The van der Waals surface area contributed by atoms with Crippen molar-refractivity contribution in [3.05, 3.63) is 266 Å². The van der Waals surface area contributed by atoms with Gasteiger partial charge in [-0.25, -0.2) is 36.3 Å². The lowest BCUT2D eigenvalue weighted by Crippen LogP contribution is -2.39. The van der Waals surface area contributed by atoms with E-state index in [4.69, 9.17) is 14.2 Å². The van der Waals surface area contributed by atoms with E-state index in [1.165, 1.54) is 6.07 Å². The Balaban J connectivity index is 0.000000146. The number of benzene rings is 5. The van der Waals surface area contributed by atoms with E-state index in [2.05, 4.69) is 70.5 Å². The number of amides is 3. The first-order valence-corrected chi connectivity index (χ1v) is 25.0. The van der Waals surface area contributed by atoms with Crippen LogP contribution >= 0.6 is 15.9 Å². The molecule has 3 N–H and O–H groups in total. The highest BCUT2D eigenvalue weighted by atomic mass is 79.9. The molecule has 5 aromatic carbocycles. The Hall–Kier alpha value is -9.39. The Morgan fingerprint density at radius 2 is 0.772 bits per heavy atom. The number of nitrogens with one attached hydrogen (secondary N) is 3. The van der Waals surface area contributed by atoms with Crippen LogP contribution in [0.4, 0.5) is 36.3 Å². The summed E-state index contributed by atoms with van der Waals surface area (Å²) in [6, 6.07) is 36.7. The largest absolute Gasteiger partial charge is 0.438 e. The fourth-order valence-corrected chi connectivity index (χ4v) is 9.49. The Bertz CT molecular complexity index is 3560. The van der Waals surface area contributed by atoms with Crippen LogP contribution in [0.2, 0.25) is 0 Å². The molecule has 0 unspecified atom stereocenters. The van der Waals surface area contributed by atoms with Crippen molar-refractivity contribution >= 4 is 34.2 Å². The molecular weight excluding hydrogens is 1090 g/mol. The zero-order valence-corrected chi connectivity index (χ0v) is 43.6. The minimum Gasteiger partial charge on any atom is -0.438 e. The van der Waals surface area contributed by atoms with E-state index in [-0.39, 0.29) is 11.1 Å². The average molecular weight is 1130 g/mol. The number of alkyl carbamates (subject to hydrolysis) is 3. The van der Waals surface area contributed by atoms with Crippen LogP contribution < -0.4 is 16.0 Å². The zero-order chi connectivity index (χ0) is 55.9. The van der Waals surface area contributed by atoms with Crippen LogP contribution in [0, 0.1) is 52.8 Å². The molecule has 3 saturated heterocycles. The maximum absolute atomic E-state index is 14.4. The van der Waals surface area contributed by atoms with Crippen LogP contribution in [-0.4, -0.2) is 33.2 Å². The molecule has 3 fully saturated rings. The van der Waals surface area contributed by atoms with Crippen LogP contribution in [0.3, 0.4) is 0 Å². The first-order valence-electron chi connectivity index (χ1n) is 24.2. The van der Waals surface area contributed by atoms with Gasteiger partial charge in [-0.2, -0.15) is 0 Å². The topological polar surface area (TPSA) is 154 Å². The molecule has 3 aliphatic heterocycles. The number of halogens is 6. The normalized spacial score (nSPS) is 21.5. The number of aromatic nitrogens is 3. The molecule has 3 aliphatic rings. The van der Waals surface area contributed by atoms with E-state index in [0.29, 0.717) is 27.8 Å². The van der Waals surface area contributed by atoms with Crippen molar-refractivity contribution in [3.63, 3.8) is 0 Å². The van der Waals surface area contributed by atoms with E-state index in [1.54, 1.807) is 88.3 Å². The first-order chi connectivity index (χ1) is 37.9. The highest BCUT2D eigenvalue weighted by Crippen LogP contribution is 2.46. The summed E-state index contributed by atoms with van der Waals surface area (Å²) in [6.07, 6.45) is 4.65. The highest BCUT2D eigenvalue weighted by molar-refractivity contribution is 9.10. The fraction of sp³-hybridized carbons (Fsp3) is 0.148. The first kappa shape index (κ1) is 54.4. The lowest BCUT2D eigenvalue weighted by Gasteiger charge is -2.29. The molecule has 8 aromatic rings. The lowest BCUT2D eigenvalue weighted by atomic mass is 9.83. The smallest absolute Gasteiger partial charge is 0.408 e. The molecule has 0 aliphatic carbocycles. The number of hydrogen-bond donors (Lipinski definition) is 3. The summed E-state index contributed by atoms with van der Waals surface area (Å²) < 4.78 is 86.9. The molecule has 0 saturated carbocycles. The molecule has 12 nitrogen and oxygen atoms in total. The predicted octanol–water partition coefficient (Wildman–Crippen LogP) is 12.6. The summed E-state index contributed by atoms with van der Waals surface area (Å²) in [5, 5.41) is 8.17. The van der Waals surface area contributed by atoms with Gasteiger partial charge in [0.1, 0.15) is 45.7 Å². The van der Waals surface area contributed by atoms with Crippen LogP contribution in [0.25, 0.3) is 0 Å². The highest BCUT2D eigenvalue weighted by Gasteiger charge is 2.51. The minimum absolute atomic E-state index is 0.0494. The van der Waals surface area contributed by atoms with Gasteiger partial charge in [0, 0.05) is 97.3 Å². The van der Waals surface area contributed by atoms with E-state index in [9.17, 15) is 36.3 Å². The second-order valence-electron chi connectivity index (χ2n) is 18.7. The van der Waals surface area contributed by atoms with E-state index >= 15 is 0 Å². The Kier molecular flexibility index (Phi) is 15.9. The third kappa shape index (κ3) is 12.1. The molecule has 3 amide bonds. The number of nitrogens with zero attached hydrogens (tertiary/aromatic N) is 3. The van der Waals surface area contributed by atoms with E-state index in [1.807, 2.05) is 66.7 Å². The summed E-state index contributed by atoms with van der Waals surface area (Å²) >= 11 is 3.35. The number of ether oxygens (including phenoxy) is 3. The standard InChI is InChI=1S/2C23H16F2N2O2.C15H12BrFN2O2/c2*1-23(21(29-22(28)27-23)19-12-18(24)9-10-20(19)25)17-11-16(13-26-14-17)8-7-15-5-3-2-4-6-15;1-15(9-6-10(16)8-18-7-9)13(21-14(20)19-15)11-4-2-3-5-12(11)17/h2*2-6,9-14,21H,1H3,(H,27,28);2-8,13H,1H3,(H,19,20)/t2*21-,23-;13-,15-/m101/s1. The predicted molar refractivity (Wildman–Crippen MR) is 284 cm³/mol. The van der Waals surface area contributed by atoms with Gasteiger partial charge in [0.15, 0.2) is 18.3 Å². The van der Waals surface area contributed by atoms with Crippen molar-refractivity contribution in [1.82, 2.24) is 30.9 Å². The second kappa shape index (κ2) is 23.1. The SMILES string of the molecule is C[C@@]1(c2cncc(C#Cc3ccccc3)c2)NC(=O)O[C@H]1c1cc(F)ccc1F.C[C@]1(c2cncc(Br)c2)NC(=O)O[C@@H]1c1ccccc1F.C[C@]1(c2cncc(C#Cc3ccccc3)c2)NC(=O)O[C@@H]1c1cc(F)ccc1F.